The number of ketones is 1. The van der Waals surface area contributed by atoms with E-state index in [-0.39, 0.29) is 22.6 Å². The fraction of sp³-hybridized carbons (Fsp3) is 0.103. The third-order valence-electron chi connectivity index (χ3n) is 6.13. The number of benzene rings is 3. The molecule has 4 aromatic rings. The molecule has 0 radical (unpaired) electrons. The Balaban J connectivity index is 1.61. The lowest BCUT2D eigenvalue weighted by Crippen LogP contribution is -2.29. The van der Waals surface area contributed by atoms with Gasteiger partial charge in [0.05, 0.1) is 26.1 Å². The largest absolute Gasteiger partial charge is 0.506 e. The van der Waals surface area contributed by atoms with Crippen molar-refractivity contribution in [3.63, 3.8) is 0 Å². The third kappa shape index (κ3) is 4.29. The van der Waals surface area contributed by atoms with Crippen molar-refractivity contribution < 1.29 is 28.6 Å². The van der Waals surface area contributed by atoms with E-state index >= 15 is 0 Å². The molecule has 2 heterocycles. The van der Waals surface area contributed by atoms with E-state index in [2.05, 4.69) is 5.32 Å². The lowest BCUT2D eigenvalue weighted by molar-refractivity contribution is -0.132. The van der Waals surface area contributed by atoms with Gasteiger partial charge in [-0.3, -0.25) is 14.5 Å². The van der Waals surface area contributed by atoms with Gasteiger partial charge in [-0.15, -0.1) is 0 Å². The summed E-state index contributed by atoms with van der Waals surface area (Å²) in [4.78, 5) is 28.0. The normalized spacial score (nSPS) is 16.6. The van der Waals surface area contributed by atoms with Crippen LogP contribution in [0.15, 0.2) is 101 Å². The summed E-state index contributed by atoms with van der Waals surface area (Å²) in [5, 5.41) is 14.7. The molecule has 0 spiro atoms. The van der Waals surface area contributed by atoms with Crippen LogP contribution in [0.2, 0.25) is 0 Å². The maximum absolute atomic E-state index is 13.4. The molecule has 1 aromatic heterocycles. The van der Waals surface area contributed by atoms with Crippen molar-refractivity contribution >= 4 is 34.5 Å². The van der Waals surface area contributed by atoms with Gasteiger partial charge in [0.25, 0.3) is 11.7 Å². The summed E-state index contributed by atoms with van der Waals surface area (Å²) in [6.45, 7) is 0. The number of anilines is 3. The standard InChI is InChI=1S/C29H24N2O6/c1-35-21-10-6-11-22(36-2)24(21)27(32)25-26(23-12-7-17-37-23)31(29(34)28(25)33)20-15-13-19(14-16-20)30-18-8-4-3-5-9-18/h3-17,26,30,32H,1-2H3/b27-25+. The number of carbonyl (C=O) groups is 2. The van der Waals surface area contributed by atoms with Crippen molar-refractivity contribution in [2.45, 2.75) is 6.04 Å². The predicted molar refractivity (Wildman–Crippen MR) is 139 cm³/mol. The fourth-order valence-electron chi connectivity index (χ4n) is 4.43. The molecule has 3 aromatic carbocycles. The molecule has 1 amide bonds. The molecule has 1 aliphatic rings. The third-order valence-corrected chi connectivity index (χ3v) is 6.13. The van der Waals surface area contributed by atoms with Crippen LogP contribution >= 0.6 is 0 Å². The minimum atomic E-state index is -1.00. The first-order valence-corrected chi connectivity index (χ1v) is 11.5. The first kappa shape index (κ1) is 23.7. The first-order chi connectivity index (χ1) is 18.0. The lowest BCUT2D eigenvalue weighted by Gasteiger charge is -2.24. The summed E-state index contributed by atoms with van der Waals surface area (Å²) in [5.41, 5.74) is 2.23. The van der Waals surface area contributed by atoms with Crippen LogP contribution in [0, 0.1) is 0 Å². The van der Waals surface area contributed by atoms with Crippen LogP contribution in [0.4, 0.5) is 17.1 Å². The molecule has 186 valence electrons. The van der Waals surface area contributed by atoms with Crippen LogP contribution in [0.5, 0.6) is 11.5 Å². The van der Waals surface area contributed by atoms with Gasteiger partial charge in [-0.05, 0) is 60.7 Å². The van der Waals surface area contributed by atoms with Crippen LogP contribution in [-0.4, -0.2) is 31.0 Å². The molecule has 5 rings (SSSR count). The maximum Gasteiger partial charge on any atom is 0.300 e. The Hall–Kier alpha value is -4.98. The molecule has 1 atom stereocenters. The number of nitrogens with zero attached hydrogens (tertiary/aromatic N) is 1. The Labute approximate surface area is 213 Å². The summed E-state index contributed by atoms with van der Waals surface area (Å²) in [6.07, 6.45) is 1.45. The molecule has 0 saturated carbocycles. The zero-order valence-corrected chi connectivity index (χ0v) is 20.2. The zero-order chi connectivity index (χ0) is 25.9. The highest BCUT2D eigenvalue weighted by Gasteiger charge is 2.48. The highest BCUT2D eigenvalue weighted by molar-refractivity contribution is 6.51. The summed E-state index contributed by atoms with van der Waals surface area (Å²) in [6, 6.07) is 24.0. The van der Waals surface area contributed by atoms with E-state index < -0.39 is 23.5 Å². The quantitative estimate of drug-likeness (QED) is 0.193. The number of para-hydroxylation sites is 1. The highest BCUT2D eigenvalue weighted by Crippen LogP contribution is 2.45. The second kappa shape index (κ2) is 9.94. The smallest absolute Gasteiger partial charge is 0.300 e. The van der Waals surface area contributed by atoms with Crippen molar-refractivity contribution in [3.05, 3.63) is 108 Å². The van der Waals surface area contributed by atoms with Crippen molar-refractivity contribution in [2.75, 3.05) is 24.4 Å². The van der Waals surface area contributed by atoms with Gasteiger partial charge in [-0.25, -0.2) is 0 Å². The monoisotopic (exact) mass is 496 g/mol. The van der Waals surface area contributed by atoms with Gasteiger partial charge in [-0.1, -0.05) is 24.3 Å². The molecule has 1 aliphatic heterocycles. The lowest BCUT2D eigenvalue weighted by atomic mass is 9.98. The van der Waals surface area contributed by atoms with Crippen LogP contribution in [0.25, 0.3) is 5.76 Å². The molecule has 8 nitrogen and oxygen atoms in total. The van der Waals surface area contributed by atoms with E-state index in [4.69, 9.17) is 13.9 Å². The van der Waals surface area contributed by atoms with Gasteiger partial charge in [-0.2, -0.15) is 0 Å². The van der Waals surface area contributed by atoms with Crippen molar-refractivity contribution in [1.29, 1.82) is 0 Å². The van der Waals surface area contributed by atoms with Crippen molar-refractivity contribution in [3.8, 4) is 11.5 Å². The molecule has 37 heavy (non-hydrogen) atoms. The van der Waals surface area contributed by atoms with Crippen LogP contribution in [-0.2, 0) is 9.59 Å². The number of furan rings is 1. The zero-order valence-electron chi connectivity index (χ0n) is 20.2. The number of aliphatic hydroxyl groups excluding tert-OH is 1. The average Bonchev–Trinajstić information content (AvgIpc) is 3.55. The Morgan fingerprint density at radius 2 is 1.49 bits per heavy atom. The molecule has 0 aliphatic carbocycles. The van der Waals surface area contributed by atoms with Gasteiger partial charge in [0.2, 0.25) is 0 Å². The Kier molecular flexibility index (Phi) is 6.38. The van der Waals surface area contributed by atoms with Crippen molar-refractivity contribution in [2.24, 2.45) is 0 Å². The van der Waals surface area contributed by atoms with Gasteiger partial charge < -0.3 is 24.3 Å². The Morgan fingerprint density at radius 3 is 2.08 bits per heavy atom. The SMILES string of the molecule is COc1cccc(OC)c1/C(O)=C1\C(=O)C(=O)N(c2ccc(Nc3ccccc3)cc2)C1c1ccco1. The van der Waals surface area contributed by atoms with E-state index in [0.717, 1.165) is 11.4 Å². The number of hydrogen-bond donors (Lipinski definition) is 2. The van der Waals surface area contributed by atoms with E-state index in [1.807, 2.05) is 42.5 Å². The number of ether oxygens (including phenoxy) is 2. The van der Waals surface area contributed by atoms with Crippen LogP contribution in [0.1, 0.15) is 17.4 Å². The number of aliphatic hydroxyl groups is 1. The molecule has 8 heteroatoms. The minimum Gasteiger partial charge on any atom is -0.506 e. The number of methoxy groups -OCH3 is 2. The van der Waals surface area contributed by atoms with Crippen molar-refractivity contribution in [1.82, 2.24) is 0 Å². The molecule has 1 saturated heterocycles. The Bertz CT molecular complexity index is 1440. The van der Waals surface area contributed by atoms with Gasteiger partial charge in [0.15, 0.2) is 0 Å². The number of Topliss-reactive ketones (excluding diaryl/α,β-unsaturated/α-hetero) is 1. The van der Waals surface area contributed by atoms with E-state index in [1.165, 1.54) is 25.4 Å². The summed E-state index contributed by atoms with van der Waals surface area (Å²) < 4.78 is 16.5. The summed E-state index contributed by atoms with van der Waals surface area (Å²) in [7, 11) is 2.89. The Morgan fingerprint density at radius 1 is 0.838 bits per heavy atom. The number of amides is 1. The molecule has 2 N–H and O–H groups in total. The van der Waals surface area contributed by atoms with Crippen LogP contribution in [0.3, 0.4) is 0 Å². The average molecular weight is 497 g/mol. The summed E-state index contributed by atoms with van der Waals surface area (Å²) in [5.74, 6) is -1.16. The molecule has 0 bridgehead atoms. The predicted octanol–water partition coefficient (Wildman–Crippen LogP) is 5.67. The number of hydrogen-bond acceptors (Lipinski definition) is 7. The molecule has 1 fully saturated rings. The summed E-state index contributed by atoms with van der Waals surface area (Å²) >= 11 is 0. The topological polar surface area (TPSA) is 101 Å². The minimum absolute atomic E-state index is 0.130. The fourth-order valence-corrected chi connectivity index (χ4v) is 4.43. The van der Waals surface area contributed by atoms with Gasteiger partial charge in [0, 0.05) is 17.1 Å². The number of carbonyl (C=O) groups excluding carboxylic acids is 2. The van der Waals surface area contributed by atoms with E-state index in [9.17, 15) is 14.7 Å². The number of rotatable bonds is 7. The van der Waals surface area contributed by atoms with E-state index in [1.54, 1.807) is 42.5 Å². The van der Waals surface area contributed by atoms with Gasteiger partial charge >= 0.3 is 0 Å². The van der Waals surface area contributed by atoms with Crippen LogP contribution < -0.4 is 19.7 Å². The molecular formula is C29H24N2O6. The molecular weight excluding hydrogens is 472 g/mol. The first-order valence-electron chi connectivity index (χ1n) is 11.5. The second-order valence-electron chi connectivity index (χ2n) is 8.26. The highest BCUT2D eigenvalue weighted by atomic mass is 16.5. The second-order valence-corrected chi connectivity index (χ2v) is 8.26. The molecule has 1 unspecified atom stereocenters. The van der Waals surface area contributed by atoms with E-state index in [0.29, 0.717) is 11.4 Å². The van der Waals surface area contributed by atoms with Gasteiger partial charge in [0.1, 0.15) is 34.6 Å². The number of nitrogens with one attached hydrogen (secondary N) is 1. The maximum atomic E-state index is 13.4.